The summed E-state index contributed by atoms with van der Waals surface area (Å²) in [6.07, 6.45) is 19.3. The van der Waals surface area contributed by atoms with Gasteiger partial charge >= 0.3 is 0 Å². The fourth-order valence-electron chi connectivity index (χ4n) is 3.04. The van der Waals surface area contributed by atoms with Crippen LogP contribution in [0.25, 0.3) is 0 Å². The lowest BCUT2D eigenvalue weighted by molar-refractivity contribution is 0.599. The molecule has 0 radical (unpaired) electrons. The molecule has 0 spiro atoms. The van der Waals surface area contributed by atoms with Crippen LogP contribution in [-0.4, -0.2) is 0 Å². The summed E-state index contributed by atoms with van der Waals surface area (Å²) in [5.74, 6) is 0. The first-order valence-corrected chi connectivity index (χ1v) is 11.2. The second-order valence-corrected chi connectivity index (χ2v) is 8.75. The smallest absolute Gasteiger partial charge is 0.0733 e. The van der Waals surface area contributed by atoms with Gasteiger partial charge in [0.05, 0.1) is 3.79 Å². The Balaban J connectivity index is 2.21. The Morgan fingerprint density at radius 3 is 1.82 bits per heavy atom. The van der Waals surface area contributed by atoms with Gasteiger partial charge < -0.3 is 0 Å². The first-order chi connectivity index (χ1) is 10.8. The highest BCUT2D eigenvalue weighted by Gasteiger charge is 2.09. The lowest BCUT2D eigenvalue weighted by Gasteiger charge is -2.06. The maximum atomic E-state index is 3.77. The largest absolute Gasteiger partial charge is 0.136 e. The number of rotatable bonds is 14. The molecule has 128 valence electrons. The third kappa shape index (κ3) is 8.72. The van der Waals surface area contributed by atoms with Gasteiger partial charge in [-0.2, -0.15) is 0 Å². The SMILES string of the molecule is CCCCCCCCc1csc(Br)c1CCCCCCCC. The predicted molar refractivity (Wildman–Crippen MR) is 106 cm³/mol. The van der Waals surface area contributed by atoms with E-state index >= 15 is 0 Å². The average Bonchev–Trinajstić information content (AvgIpc) is 2.87. The molecule has 0 aliphatic carbocycles. The molecule has 0 saturated carbocycles. The Labute approximate surface area is 151 Å². The molecule has 0 bridgehead atoms. The van der Waals surface area contributed by atoms with Crippen LogP contribution >= 0.6 is 27.3 Å². The molecular weight excluding hydrogens is 352 g/mol. The van der Waals surface area contributed by atoms with Gasteiger partial charge in [-0.25, -0.2) is 0 Å². The molecule has 0 fully saturated rings. The van der Waals surface area contributed by atoms with Crippen molar-refractivity contribution in [2.24, 2.45) is 0 Å². The Bertz CT molecular complexity index is 370. The van der Waals surface area contributed by atoms with Crippen LogP contribution in [0.3, 0.4) is 0 Å². The van der Waals surface area contributed by atoms with Gasteiger partial charge in [0.15, 0.2) is 0 Å². The first kappa shape index (κ1) is 20.2. The van der Waals surface area contributed by atoms with Gasteiger partial charge in [0, 0.05) is 0 Å². The van der Waals surface area contributed by atoms with Gasteiger partial charge in [-0.15, -0.1) is 11.3 Å². The molecule has 1 heterocycles. The van der Waals surface area contributed by atoms with Crippen molar-refractivity contribution in [3.63, 3.8) is 0 Å². The summed E-state index contributed by atoms with van der Waals surface area (Å²) in [6.45, 7) is 4.58. The van der Waals surface area contributed by atoms with E-state index in [4.69, 9.17) is 0 Å². The summed E-state index contributed by atoms with van der Waals surface area (Å²) in [7, 11) is 0. The Kier molecular flexibility index (Phi) is 12.5. The molecule has 22 heavy (non-hydrogen) atoms. The van der Waals surface area contributed by atoms with Crippen LogP contribution < -0.4 is 0 Å². The number of thiophene rings is 1. The zero-order valence-electron chi connectivity index (χ0n) is 14.8. The van der Waals surface area contributed by atoms with E-state index < -0.39 is 0 Å². The zero-order valence-corrected chi connectivity index (χ0v) is 17.2. The molecule has 0 atom stereocenters. The van der Waals surface area contributed by atoms with Gasteiger partial charge in [0.2, 0.25) is 0 Å². The highest BCUT2D eigenvalue weighted by Crippen LogP contribution is 2.31. The first-order valence-electron chi connectivity index (χ1n) is 9.54. The third-order valence-electron chi connectivity index (χ3n) is 4.51. The number of unbranched alkanes of at least 4 members (excludes halogenated alkanes) is 10. The maximum absolute atomic E-state index is 3.77. The summed E-state index contributed by atoms with van der Waals surface area (Å²) in [6, 6.07) is 0. The second-order valence-electron chi connectivity index (χ2n) is 6.55. The minimum absolute atomic E-state index is 1.28. The van der Waals surface area contributed by atoms with Crippen molar-refractivity contribution < 1.29 is 0 Å². The third-order valence-corrected chi connectivity index (χ3v) is 6.40. The van der Waals surface area contributed by atoms with Crippen molar-refractivity contribution in [3.8, 4) is 0 Å². The normalized spacial score (nSPS) is 11.2. The van der Waals surface area contributed by atoms with E-state index in [1.54, 1.807) is 11.1 Å². The molecule has 0 aromatic carbocycles. The molecule has 0 unspecified atom stereocenters. The summed E-state index contributed by atoms with van der Waals surface area (Å²) in [5, 5.41) is 2.39. The lowest BCUT2D eigenvalue weighted by Crippen LogP contribution is -1.93. The van der Waals surface area contributed by atoms with Crippen LogP contribution in [0.15, 0.2) is 9.17 Å². The molecule has 1 aromatic rings. The minimum atomic E-state index is 1.28. The fourth-order valence-corrected chi connectivity index (χ4v) is 4.65. The molecule has 0 aliphatic rings. The van der Waals surface area contributed by atoms with Gasteiger partial charge in [-0.1, -0.05) is 78.1 Å². The topological polar surface area (TPSA) is 0 Å². The fraction of sp³-hybridized carbons (Fsp3) is 0.800. The molecule has 0 nitrogen and oxygen atoms in total. The Hall–Kier alpha value is 0.180. The van der Waals surface area contributed by atoms with Crippen molar-refractivity contribution >= 4 is 27.3 Å². The summed E-state index contributed by atoms with van der Waals surface area (Å²) in [5.41, 5.74) is 3.25. The van der Waals surface area contributed by atoms with E-state index in [0.29, 0.717) is 0 Å². The molecule has 0 amide bonds. The molecule has 0 N–H and O–H groups in total. The monoisotopic (exact) mass is 386 g/mol. The highest BCUT2D eigenvalue weighted by atomic mass is 79.9. The van der Waals surface area contributed by atoms with Gasteiger partial charge in [-0.3, -0.25) is 0 Å². The van der Waals surface area contributed by atoms with Crippen LogP contribution in [0, 0.1) is 0 Å². The molecule has 0 saturated heterocycles. The molecule has 2 heteroatoms. The van der Waals surface area contributed by atoms with Crippen LogP contribution in [0.5, 0.6) is 0 Å². The zero-order chi connectivity index (χ0) is 16.0. The van der Waals surface area contributed by atoms with Crippen molar-refractivity contribution in [1.29, 1.82) is 0 Å². The van der Waals surface area contributed by atoms with E-state index in [1.807, 2.05) is 11.3 Å². The molecule has 1 rings (SSSR count). The highest BCUT2D eigenvalue weighted by molar-refractivity contribution is 9.11. The second kappa shape index (κ2) is 13.6. The minimum Gasteiger partial charge on any atom is -0.136 e. The van der Waals surface area contributed by atoms with Crippen molar-refractivity contribution in [1.82, 2.24) is 0 Å². The predicted octanol–water partition coefficient (Wildman–Crippen LogP) is 8.32. The number of hydrogen-bond acceptors (Lipinski definition) is 1. The van der Waals surface area contributed by atoms with Crippen LogP contribution in [0.4, 0.5) is 0 Å². The molecular formula is C20H35BrS. The standard InChI is InChI=1S/C20H35BrS/c1-3-5-7-9-11-13-15-18-17-22-20(21)19(18)16-14-12-10-8-6-4-2/h17H,3-16H2,1-2H3. The quantitative estimate of drug-likeness (QED) is 0.282. The number of aryl methyl sites for hydroxylation is 1. The number of halogens is 1. The summed E-state index contributed by atoms with van der Waals surface area (Å²) in [4.78, 5) is 0. The van der Waals surface area contributed by atoms with Crippen LogP contribution in [-0.2, 0) is 12.8 Å². The van der Waals surface area contributed by atoms with E-state index in [2.05, 4.69) is 35.2 Å². The molecule has 1 aromatic heterocycles. The van der Waals surface area contributed by atoms with Crippen molar-refractivity contribution in [2.45, 2.75) is 104 Å². The Morgan fingerprint density at radius 1 is 0.727 bits per heavy atom. The van der Waals surface area contributed by atoms with Crippen molar-refractivity contribution in [2.75, 3.05) is 0 Å². The van der Waals surface area contributed by atoms with Gasteiger partial charge in [-0.05, 0) is 58.1 Å². The van der Waals surface area contributed by atoms with E-state index in [-0.39, 0.29) is 0 Å². The lowest BCUT2D eigenvalue weighted by atomic mass is 10.0. The van der Waals surface area contributed by atoms with Gasteiger partial charge in [0.1, 0.15) is 0 Å². The Morgan fingerprint density at radius 2 is 1.23 bits per heavy atom. The number of hydrogen-bond donors (Lipinski definition) is 0. The molecule has 0 aliphatic heterocycles. The van der Waals surface area contributed by atoms with Crippen LogP contribution in [0.1, 0.15) is 102 Å². The van der Waals surface area contributed by atoms with Crippen molar-refractivity contribution in [3.05, 3.63) is 20.3 Å². The summed E-state index contributed by atoms with van der Waals surface area (Å²) < 4.78 is 1.39. The van der Waals surface area contributed by atoms with E-state index in [9.17, 15) is 0 Å². The van der Waals surface area contributed by atoms with Crippen LogP contribution in [0.2, 0.25) is 0 Å². The average molecular weight is 387 g/mol. The maximum Gasteiger partial charge on any atom is 0.0733 e. The van der Waals surface area contributed by atoms with E-state index in [1.165, 1.54) is 93.7 Å². The summed E-state index contributed by atoms with van der Waals surface area (Å²) >= 11 is 5.66. The van der Waals surface area contributed by atoms with Gasteiger partial charge in [0.25, 0.3) is 0 Å². The van der Waals surface area contributed by atoms with E-state index in [0.717, 1.165) is 0 Å².